The van der Waals surface area contributed by atoms with Crippen LogP contribution in [0.5, 0.6) is 0 Å². The number of likely N-dealkylation sites (tertiary alicyclic amines) is 1. The quantitative estimate of drug-likeness (QED) is 0.869. The first kappa shape index (κ1) is 15.9. The van der Waals surface area contributed by atoms with Gasteiger partial charge in [-0.2, -0.15) is 0 Å². The van der Waals surface area contributed by atoms with Crippen molar-refractivity contribution in [2.75, 3.05) is 32.1 Å². The van der Waals surface area contributed by atoms with E-state index in [2.05, 4.69) is 23.9 Å². The van der Waals surface area contributed by atoms with E-state index in [9.17, 15) is 4.79 Å². The van der Waals surface area contributed by atoms with Gasteiger partial charge in [-0.3, -0.25) is 0 Å². The Bertz CT molecular complexity index is 545. The first-order valence-electron chi connectivity index (χ1n) is 7.09. The van der Waals surface area contributed by atoms with Gasteiger partial charge in [0.15, 0.2) is 0 Å². The van der Waals surface area contributed by atoms with E-state index in [-0.39, 0.29) is 0 Å². The molecule has 0 amide bonds. The second-order valence-electron chi connectivity index (χ2n) is 5.55. The smallest absolute Gasteiger partial charge is 0.328 e. The molecule has 1 saturated heterocycles. The molecule has 1 unspecified atom stereocenters. The number of carboxylic acid groups (broad SMARTS) is 1. The van der Waals surface area contributed by atoms with Gasteiger partial charge >= 0.3 is 5.97 Å². The fraction of sp³-hybridized carbons (Fsp3) is 0.438. The summed E-state index contributed by atoms with van der Waals surface area (Å²) in [6.45, 7) is 2.21. The number of piperidine rings is 1. The molecule has 5 heteroatoms. The van der Waals surface area contributed by atoms with E-state index in [0.717, 1.165) is 30.4 Å². The summed E-state index contributed by atoms with van der Waals surface area (Å²) in [4.78, 5) is 15.2. The van der Waals surface area contributed by atoms with Crippen molar-refractivity contribution in [1.29, 1.82) is 0 Å². The third-order valence-corrected chi connectivity index (χ3v) is 4.27. The first-order valence-corrected chi connectivity index (χ1v) is 7.47. The normalized spacial score (nSPS) is 19.9. The van der Waals surface area contributed by atoms with Crippen LogP contribution in [0.1, 0.15) is 18.4 Å². The molecule has 0 spiro atoms. The highest BCUT2D eigenvalue weighted by atomic mass is 35.5. The topological polar surface area (TPSA) is 43.8 Å². The Morgan fingerprint density at radius 2 is 2.29 bits per heavy atom. The minimum Gasteiger partial charge on any atom is -0.478 e. The number of anilines is 1. The Balaban J connectivity index is 2.13. The Kier molecular flexibility index (Phi) is 5.26. The first-order chi connectivity index (χ1) is 9.97. The third kappa shape index (κ3) is 4.22. The van der Waals surface area contributed by atoms with Crippen LogP contribution in [-0.4, -0.2) is 49.2 Å². The number of likely N-dealkylation sites (N-methyl/N-ethyl adjacent to an activating group) is 2. The molecule has 1 fully saturated rings. The minimum atomic E-state index is -0.975. The van der Waals surface area contributed by atoms with E-state index in [0.29, 0.717) is 11.1 Å². The summed E-state index contributed by atoms with van der Waals surface area (Å²) in [5.41, 5.74) is 1.78. The van der Waals surface area contributed by atoms with Crippen LogP contribution in [0, 0.1) is 0 Å². The SMILES string of the molecule is CN1CCCC(N(C)c2ccc(/C=C/C(=O)O)c(Cl)c2)C1. The predicted octanol–water partition coefficient (Wildman–Crippen LogP) is 2.97. The van der Waals surface area contributed by atoms with Gasteiger partial charge < -0.3 is 14.9 Å². The van der Waals surface area contributed by atoms with Crippen LogP contribution in [0.25, 0.3) is 6.08 Å². The van der Waals surface area contributed by atoms with Crippen LogP contribution in [-0.2, 0) is 4.79 Å². The van der Waals surface area contributed by atoms with Gasteiger partial charge in [-0.15, -0.1) is 0 Å². The number of benzene rings is 1. The summed E-state index contributed by atoms with van der Waals surface area (Å²) in [5.74, 6) is -0.975. The number of nitrogens with zero attached hydrogens (tertiary/aromatic N) is 2. The average molecular weight is 309 g/mol. The van der Waals surface area contributed by atoms with E-state index in [1.54, 1.807) is 0 Å². The molecule has 4 nitrogen and oxygen atoms in total. The van der Waals surface area contributed by atoms with E-state index >= 15 is 0 Å². The van der Waals surface area contributed by atoms with Gasteiger partial charge in [-0.25, -0.2) is 4.79 Å². The molecule has 0 aromatic heterocycles. The molecular weight excluding hydrogens is 288 g/mol. The van der Waals surface area contributed by atoms with Gasteiger partial charge in [-0.1, -0.05) is 17.7 Å². The van der Waals surface area contributed by atoms with Gasteiger partial charge in [0.2, 0.25) is 0 Å². The molecule has 0 bridgehead atoms. The van der Waals surface area contributed by atoms with E-state index in [1.165, 1.54) is 18.9 Å². The average Bonchev–Trinajstić information content (AvgIpc) is 2.45. The van der Waals surface area contributed by atoms with Crippen LogP contribution in [0.3, 0.4) is 0 Å². The van der Waals surface area contributed by atoms with Crippen molar-refractivity contribution in [1.82, 2.24) is 4.90 Å². The minimum absolute atomic E-state index is 0.486. The lowest BCUT2D eigenvalue weighted by molar-refractivity contribution is -0.131. The predicted molar refractivity (Wildman–Crippen MR) is 87.0 cm³/mol. The summed E-state index contributed by atoms with van der Waals surface area (Å²) in [6.07, 6.45) is 5.00. The number of hydrogen-bond donors (Lipinski definition) is 1. The lowest BCUT2D eigenvalue weighted by Gasteiger charge is -2.37. The molecular formula is C16H21ClN2O2. The van der Waals surface area contributed by atoms with Crippen molar-refractivity contribution >= 4 is 29.3 Å². The molecule has 1 aliphatic heterocycles. The Labute approximate surface area is 130 Å². The summed E-state index contributed by atoms with van der Waals surface area (Å²) < 4.78 is 0. The maximum absolute atomic E-state index is 10.6. The van der Waals surface area contributed by atoms with Crippen molar-refractivity contribution in [3.8, 4) is 0 Å². The number of aliphatic carboxylic acids is 1. The standard InChI is InChI=1S/C16H21ClN2O2/c1-18-9-3-4-14(11-18)19(2)13-7-5-12(15(17)10-13)6-8-16(20)21/h5-8,10,14H,3-4,9,11H2,1-2H3,(H,20,21)/b8-6+. The Hall–Kier alpha value is -1.52. The molecule has 1 aromatic rings. The van der Waals surface area contributed by atoms with Crippen LogP contribution >= 0.6 is 11.6 Å². The van der Waals surface area contributed by atoms with Crippen molar-refractivity contribution in [3.05, 3.63) is 34.9 Å². The molecule has 1 heterocycles. The lowest BCUT2D eigenvalue weighted by Crippen LogP contribution is -2.45. The molecule has 1 aromatic carbocycles. The van der Waals surface area contributed by atoms with Gasteiger partial charge in [-0.05, 0) is 50.2 Å². The molecule has 1 aliphatic rings. The largest absolute Gasteiger partial charge is 0.478 e. The van der Waals surface area contributed by atoms with Crippen LogP contribution in [0.4, 0.5) is 5.69 Å². The zero-order valence-electron chi connectivity index (χ0n) is 12.4. The fourth-order valence-electron chi connectivity index (χ4n) is 2.70. The second-order valence-corrected chi connectivity index (χ2v) is 5.95. The molecule has 0 radical (unpaired) electrons. The summed E-state index contributed by atoms with van der Waals surface area (Å²) in [6, 6.07) is 6.24. The summed E-state index contributed by atoms with van der Waals surface area (Å²) >= 11 is 6.24. The molecule has 0 saturated carbocycles. The van der Waals surface area contributed by atoms with Crippen molar-refractivity contribution < 1.29 is 9.90 Å². The molecule has 2 rings (SSSR count). The van der Waals surface area contributed by atoms with Gasteiger partial charge in [0.05, 0.1) is 0 Å². The van der Waals surface area contributed by atoms with E-state index in [4.69, 9.17) is 16.7 Å². The highest BCUT2D eigenvalue weighted by molar-refractivity contribution is 6.32. The van der Waals surface area contributed by atoms with Crippen molar-refractivity contribution in [3.63, 3.8) is 0 Å². The molecule has 1 atom stereocenters. The maximum atomic E-state index is 10.6. The third-order valence-electron chi connectivity index (χ3n) is 3.94. The zero-order valence-corrected chi connectivity index (χ0v) is 13.2. The second kappa shape index (κ2) is 6.96. The molecule has 1 N–H and O–H groups in total. The van der Waals surface area contributed by atoms with Gasteiger partial charge in [0, 0.05) is 36.4 Å². The number of carboxylic acids is 1. The Morgan fingerprint density at radius 3 is 2.90 bits per heavy atom. The zero-order chi connectivity index (χ0) is 15.4. The van der Waals surface area contributed by atoms with Crippen LogP contribution < -0.4 is 4.90 Å². The number of rotatable bonds is 4. The maximum Gasteiger partial charge on any atom is 0.328 e. The highest BCUT2D eigenvalue weighted by Crippen LogP contribution is 2.27. The van der Waals surface area contributed by atoms with E-state index in [1.807, 2.05) is 18.2 Å². The number of carbonyl (C=O) groups is 1. The number of halogens is 1. The van der Waals surface area contributed by atoms with Gasteiger partial charge in [0.25, 0.3) is 0 Å². The molecule has 0 aliphatic carbocycles. The molecule has 21 heavy (non-hydrogen) atoms. The number of hydrogen-bond acceptors (Lipinski definition) is 3. The summed E-state index contributed by atoms with van der Waals surface area (Å²) in [7, 11) is 4.23. The van der Waals surface area contributed by atoms with Crippen LogP contribution in [0.15, 0.2) is 24.3 Å². The van der Waals surface area contributed by atoms with Crippen molar-refractivity contribution in [2.24, 2.45) is 0 Å². The van der Waals surface area contributed by atoms with Crippen LogP contribution in [0.2, 0.25) is 5.02 Å². The highest BCUT2D eigenvalue weighted by Gasteiger charge is 2.21. The fourth-order valence-corrected chi connectivity index (χ4v) is 2.94. The monoisotopic (exact) mass is 308 g/mol. The lowest BCUT2D eigenvalue weighted by atomic mass is 10.0. The Morgan fingerprint density at radius 1 is 1.52 bits per heavy atom. The van der Waals surface area contributed by atoms with E-state index < -0.39 is 5.97 Å². The van der Waals surface area contributed by atoms with Gasteiger partial charge in [0.1, 0.15) is 0 Å². The summed E-state index contributed by atoms with van der Waals surface area (Å²) in [5, 5.41) is 9.23. The van der Waals surface area contributed by atoms with Crippen molar-refractivity contribution in [2.45, 2.75) is 18.9 Å². The molecule has 114 valence electrons.